The van der Waals surface area contributed by atoms with Crippen molar-refractivity contribution in [2.24, 2.45) is 0 Å². The van der Waals surface area contributed by atoms with Gasteiger partial charge in [-0.2, -0.15) is 0 Å². The Morgan fingerprint density at radius 1 is 1.12 bits per heavy atom. The third-order valence-electron chi connectivity index (χ3n) is 3.66. The topological polar surface area (TPSA) is 76.1 Å². The lowest BCUT2D eigenvalue weighted by Gasteiger charge is -2.23. The van der Waals surface area contributed by atoms with Crippen molar-refractivity contribution in [1.82, 2.24) is 4.90 Å². The number of nitrogens with zero attached hydrogens (tertiary/aromatic N) is 1. The number of para-hydroxylation sites is 1. The number of aliphatic carboxylic acids is 1. The van der Waals surface area contributed by atoms with E-state index in [4.69, 9.17) is 14.6 Å². The summed E-state index contributed by atoms with van der Waals surface area (Å²) < 4.78 is 10.6. The fraction of sp³-hybridized carbons (Fsp3) is 0.556. The van der Waals surface area contributed by atoms with Gasteiger partial charge < -0.3 is 14.6 Å². The number of hydrogen-bond acceptors (Lipinski definition) is 4. The number of benzene rings is 1. The largest absolute Gasteiger partial charge is 0.480 e. The molecular formula is C18H27NO5. The molecule has 0 aliphatic heterocycles. The second-order valence-corrected chi connectivity index (χ2v) is 6.25. The standard InChI is InChI=1S/C18H27NO5/c1-12(2)14-7-6-8-15(13(3)4)17(14)24-18(22)19(9-10-23-5)11-16(20)21/h6-8,12-13H,9-11H2,1-5H3,(H,20,21). The van der Waals surface area contributed by atoms with Gasteiger partial charge in [0.15, 0.2) is 0 Å². The molecule has 6 nitrogen and oxygen atoms in total. The van der Waals surface area contributed by atoms with Crippen LogP contribution in [-0.4, -0.2) is 48.9 Å². The zero-order valence-corrected chi connectivity index (χ0v) is 15.0. The Balaban J connectivity index is 3.11. The minimum atomic E-state index is -1.09. The van der Waals surface area contributed by atoms with E-state index in [1.54, 1.807) is 0 Å². The molecule has 0 radical (unpaired) electrons. The van der Waals surface area contributed by atoms with Crippen LogP contribution in [0.1, 0.15) is 50.7 Å². The maximum absolute atomic E-state index is 12.5. The van der Waals surface area contributed by atoms with Gasteiger partial charge in [-0.05, 0) is 23.0 Å². The van der Waals surface area contributed by atoms with Crippen LogP contribution in [0.2, 0.25) is 0 Å². The first kappa shape index (κ1) is 20.0. The number of methoxy groups -OCH3 is 1. The number of carboxylic acids is 1. The summed E-state index contributed by atoms with van der Waals surface area (Å²) in [5, 5.41) is 8.99. The van der Waals surface area contributed by atoms with Crippen LogP contribution in [0.3, 0.4) is 0 Å². The number of rotatable bonds is 8. The summed E-state index contributed by atoms with van der Waals surface area (Å²) in [5.41, 5.74) is 1.85. The lowest BCUT2D eigenvalue weighted by molar-refractivity contribution is -0.137. The van der Waals surface area contributed by atoms with Gasteiger partial charge in [-0.15, -0.1) is 0 Å². The molecule has 0 fully saturated rings. The molecule has 24 heavy (non-hydrogen) atoms. The first-order chi connectivity index (χ1) is 11.3. The van der Waals surface area contributed by atoms with Crippen molar-refractivity contribution >= 4 is 12.1 Å². The van der Waals surface area contributed by atoms with Crippen LogP contribution in [0.4, 0.5) is 4.79 Å². The fourth-order valence-corrected chi connectivity index (χ4v) is 2.35. The Morgan fingerprint density at radius 2 is 1.67 bits per heavy atom. The lowest BCUT2D eigenvalue weighted by atomic mass is 9.94. The van der Waals surface area contributed by atoms with Crippen LogP contribution in [0, 0.1) is 0 Å². The van der Waals surface area contributed by atoms with Crippen molar-refractivity contribution in [3.8, 4) is 5.75 Å². The van der Waals surface area contributed by atoms with Crippen molar-refractivity contribution in [3.05, 3.63) is 29.3 Å². The summed E-state index contributed by atoms with van der Waals surface area (Å²) >= 11 is 0. The number of ether oxygens (including phenoxy) is 2. The molecule has 0 saturated heterocycles. The molecule has 1 aromatic rings. The zero-order chi connectivity index (χ0) is 18.3. The van der Waals surface area contributed by atoms with Crippen molar-refractivity contribution in [2.45, 2.75) is 39.5 Å². The van der Waals surface area contributed by atoms with Crippen LogP contribution in [-0.2, 0) is 9.53 Å². The van der Waals surface area contributed by atoms with Crippen LogP contribution < -0.4 is 4.74 Å². The Morgan fingerprint density at radius 3 is 2.08 bits per heavy atom. The molecule has 1 aromatic carbocycles. The molecule has 0 aliphatic rings. The molecule has 0 heterocycles. The van der Waals surface area contributed by atoms with Crippen molar-refractivity contribution in [2.75, 3.05) is 26.8 Å². The van der Waals surface area contributed by atoms with Crippen LogP contribution in [0.25, 0.3) is 0 Å². The molecule has 0 spiro atoms. The molecule has 1 N–H and O–H groups in total. The first-order valence-electron chi connectivity index (χ1n) is 8.08. The number of carboxylic acid groups (broad SMARTS) is 1. The second kappa shape index (κ2) is 9.27. The van der Waals surface area contributed by atoms with E-state index in [1.165, 1.54) is 7.11 Å². The second-order valence-electron chi connectivity index (χ2n) is 6.25. The molecule has 6 heteroatoms. The highest BCUT2D eigenvalue weighted by atomic mass is 16.6. The van der Waals surface area contributed by atoms with Gasteiger partial charge in [0.2, 0.25) is 0 Å². The molecule has 0 saturated carbocycles. The summed E-state index contributed by atoms with van der Waals surface area (Å²) in [5.74, 6) is -0.207. The van der Waals surface area contributed by atoms with Gasteiger partial charge >= 0.3 is 12.1 Å². The molecule has 1 amide bonds. The molecular weight excluding hydrogens is 310 g/mol. The van der Waals surface area contributed by atoms with Gasteiger partial charge in [-0.25, -0.2) is 4.79 Å². The third kappa shape index (κ3) is 5.53. The van der Waals surface area contributed by atoms with E-state index in [0.29, 0.717) is 5.75 Å². The molecule has 0 atom stereocenters. The lowest BCUT2D eigenvalue weighted by Crippen LogP contribution is -2.40. The van der Waals surface area contributed by atoms with E-state index < -0.39 is 18.6 Å². The number of carbonyl (C=O) groups is 2. The Bertz CT molecular complexity index is 542. The predicted octanol–water partition coefficient (Wildman–Crippen LogP) is 3.47. The third-order valence-corrected chi connectivity index (χ3v) is 3.66. The van der Waals surface area contributed by atoms with Gasteiger partial charge in [0.05, 0.1) is 6.61 Å². The van der Waals surface area contributed by atoms with E-state index in [0.717, 1.165) is 16.0 Å². The van der Waals surface area contributed by atoms with Gasteiger partial charge in [0, 0.05) is 13.7 Å². The highest BCUT2D eigenvalue weighted by Gasteiger charge is 2.23. The van der Waals surface area contributed by atoms with E-state index in [9.17, 15) is 9.59 Å². The van der Waals surface area contributed by atoms with Crippen molar-refractivity contribution in [1.29, 1.82) is 0 Å². The maximum atomic E-state index is 12.5. The average Bonchev–Trinajstić information content (AvgIpc) is 2.50. The molecule has 0 bridgehead atoms. The minimum Gasteiger partial charge on any atom is -0.480 e. The van der Waals surface area contributed by atoms with E-state index in [-0.39, 0.29) is 25.0 Å². The highest BCUT2D eigenvalue weighted by molar-refractivity contribution is 5.78. The number of hydrogen-bond donors (Lipinski definition) is 1. The molecule has 0 aromatic heterocycles. The van der Waals surface area contributed by atoms with E-state index in [1.807, 2.05) is 45.9 Å². The van der Waals surface area contributed by atoms with Crippen LogP contribution >= 0.6 is 0 Å². The predicted molar refractivity (Wildman–Crippen MR) is 91.7 cm³/mol. The normalized spacial score (nSPS) is 11.0. The quantitative estimate of drug-likeness (QED) is 0.786. The van der Waals surface area contributed by atoms with Gasteiger partial charge in [0.1, 0.15) is 12.3 Å². The maximum Gasteiger partial charge on any atom is 0.415 e. The molecule has 0 aliphatic carbocycles. The SMILES string of the molecule is COCCN(CC(=O)O)C(=O)Oc1c(C(C)C)cccc1C(C)C. The Kier molecular flexibility index (Phi) is 7.71. The molecule has 134 valence electrons. The highest BCUT2D eigenvalue weighted by Crippen LogP contribution is 2.34. The molecule has 0 unspecified atom stereocenters. The van der Waals surface area contributed by atoms with Gasteiger partial charge in [-0.3, -0.25) is 9.69 Å². The first-order valence-corrected chi connectivity index (χ1v) is 8.08. The molecule has 1 rings (SSSR count). The van der Waals surface area contributed by atoms with Gasteiger partial charge in [-0.1, -0.05) is 45.9 Å². The number of amides is 1. The smallest absolute Gasteiger partial charge is 0.415 e. The zero-order valence-electron chi connectivity index (χ0n) is 15.0. The summed E-state index contributed by atoms with van der Waals surface area (Å²) in [6, 6.07) is 5.80. The fourth-order valence-electron chi connectivity index (χ4n) is 2.35. The number of carbonyl (C=O) groups excluding carboxylic acids is 1. The van der Waals surface area contributed by atoms with Crippen molar-refractivity contribution < 1.29 is 24.2 Å². The van der Waals surface area contributed by atoms with Gasteiger partial charge in [0.25, 0.3) is 0 Å². The monoisotopic (exact) mass is 337 g/mol. The summed E-state index contributed by atoms with van der Waals surface area (Å²) in [6.45, 7) is 8.07. The Labute approximate surface area is 143 Å². The Hall–Kier alpha value is -2.08. The summed E-state index contributed by atoms with van der Waals surface area (Å²) in [6.07, 6.45) is -0.676. The van der Waals surface area contributed by atoms with Crippen LogP contribution in [0.5, 0.6) is 5.75 Å². The minimum absolute atomic E-state index is 0.155. The van der Waals surface area contributed by atoms with E-state index >= 15 is 0 Å². The summed E-state index contributed by atoms with van der Waals surface area (Å²) in [4.78, 5) is 24.6. The van der Waals surface area contributed by atoms with Crippen LogP contribution in [0.15, 0.2) is 18.2 Å². The summed E-state index contributed by atoms with van der Waals surface area (Å²) in [7, 11) is 1.50. The average molecular weight is 337 g/mol. The van der Waals surface area contributed by atoms with E-state index in [2.05, 4.69) is 0 Å². The van der Waals surface area contributed by atoms with Crippen molar-refractivity contribution in [3.63, 3.8) is 0 Å².